The Kier molecular flexibility index (Phi) is 6.50. The van der Waals surface area contributed by atoms with E-state index in [1.165, 1.54) is 11.3 Å². The fraction of sp³-hybridized carbons (Fsp3) is 0.167. The number of rotatable bonds is 9. The number of carbonyl (C=O) groups is 1. The average Bonchev–Trinajstić information content (AvgIpc) is 3.62. The fourth-order valence-corrected chi connectivity index (χ4v) is 4.95. The zero-order valence-corrected chi connectivity index (χ0v) is 19.9. The van der Waals surface area contributed by atoms with Crippen molar-refractivity contribution in [2.75, 3.05) is 20.3 Å². The molecule has 172 valence electrons. The van der Waals surface area contributed by atoms with Crippen LogP contribution in [0.3, 0.4) is 0 Å². The Morgan fingerprint density at radius 3 is 2.68 bits per heavy atom. The van der Waals surface area contributed by atoms with Crippen LogP contribution in [0.1, 0.15) is 5.69 Å². The lowest BCUT2D eigenvalue weighted by molar-refractivity contribution is -0.120. The van der Waals surface area contributed by atoms with E-state index in [9.17, 15) is 4.79 Å². The first-order chi connectivity index (χ1) is 16.7. The standard InChI is InChI=1S/C24H21N5O3S2/c1-31-18-6-4-16(5-7-18)20-14-29-17(15-34-24(29)26-20)13-22(30)25-10-11-32-23-9-8-19(27-28-23)21-3-2-12-33-21/h2-9,12,14-15H,10-11,13H2,1H3,(H,25,30). The van der Waals surface area contributed by atoms with Gasteiger partial charge in [0.2, 0.25) is 11.8 Å². The Hall–Kier alpha value is -3.76. The lowest BCUT2D eigenvalue weighted by Gasteiger charge is -2.07. The summed E-state index contributed by atoms with van der Waals surface area (Å²) in [5.41, 5.74) is 3.56. The number of nitrogens with one attached hydrogen (secondary N) is 1. The van der Waals surface area contributed by atoms with E-state index < -0.39 is 0 Å². The quantitative estimate of drug-likeness (QED) is 0.309. The fourth-order valence-electron chi connectivity index (χ4n) is 3.38. The number of thiophene rings is 1. The second-order valence-electron chi connectivity index (χ2n) is 7.34. The van der Waals surface area contributed by atoms with Gasteiger partial charge in [0, 0.05) is 28.9 Å². The van der Waals surface area contributed by atoms with Crippen molar-refractivity contribution in [1.29, 1.82) is 0 Å². The highest BCUT2D eigenvalue weighted by molar-refractivity contribution is 7.15. The summed E-state index contributed by atoms with van der Waals surface area (Å²) in [6.45, 7) is 0.687. The highest BCUT2D eigenvalue weighted by Crippen LogP contribution is 2.26. The van der Waals surface area contributed by atoms with Crippen molar-refractivity contribution >= 4 is 33.5 Å². The summed E-state index contributed by atoms with van der Waals surface area (Å²) in [7, 11) is 1.64. The predicted octanol–water partition coefficient (Wildman–Crippen LogP) is 4.33. The van der Waals surface area contributed by atoms with Crippen molar-refractivity contribution in [3.63, 3.8) is 0 Å². The molecule has 0 spiro atoms. The molecule has 0 fully saturated rings. The van der Waals surface area contributed by atoms with Gasteiger partial charge in [-0.25, -0.2) is 4.98 Å². The van der Waals surface area contributed by atoms with Gasteiger partial charge in [0.1, 0.15) is 18.1 Å². The molecule has 4 heterocycles. The number of hydrogen-bond donors (Lipinski definition) is 1. The van der Waals surface area contributed by atoms with Gasteiger partial charge in [-0.15, -0.1) is 32.9 Å². The third-order valence-corrected chi connectivity index (χ3v) is 6.88. The van der Waals surface area contributed by atoms with Gasteiger partial charge in [0.15, 0.2) is 4.96 Å². The maximum absolute atomic E-state index is 12.5. The van der Waals surface area contributed by atoms with Crippen molar-refractivity contribution in [2.45, 2.75) is 6.42 Å². The number of hydrogen-bond acceptors (Lipinski definition) is 8. The molecule has 0 saturated carbocycles. The summed E-state index contributed by atoms with van der Waals surface area (Å²) in [5, 5.41) is 15.1. The lowest BCUT2D eigenvalue weighted by Crippen LogP contribution is -2.29. The molecule has 5 aromatic rings. The van der Waals surface area contributed by atoms with Gasteiger partial charge in [-0.3, -0.25) is 9.20 Å². The summed E-state index contributed by atoms with van der Waals surface area (Å²) >= 11 is 3.12. The number of fused-ring (bicyclic) bond motifs is 1. The molecule has 10 heteroatoms. The zero-order chi connectivity index (χ0) is 23.3. The number of ether oxygens (including phenoxy) is 2. The average molecular weight is 492 g/mol. The maximum atomic E-state index is 12.5. The molecule has 0 unspecified atom stereocenters. The van der Waals surface area contributed by atoms with Gasteiger partial charge in [-0.05, 0) is 41.8 Å². The van der Waals surface area contributed by atoms with E-state index in [4.69, 9.17) is 9.47 Å². The number of aromatic nitrogens is 4. The highest BCUT2D eigenvalue weighted by Gasteiger charge is 2.13. The minimum Gasteiger partial charge on any atom is -0.497 e. The lowest BCUT2D eigenvalue weighted by atomic mass is 10.2. The minimum atomic E-state index is -0.0814. The normalized spacial score (nSPS) is 11.0. The number of amides is 1. The van der Waals surface area contributed by atoms with Gasteiger partial charge in [-0.1, -0.05) is 6.07 Å². The molecule has 1 aromatic carbocycles. The molecule has 4 aromatic heterocycles. The Balaban J connectivity index is 1.12. The summed E-state index contributed by atoms with van der Waals surface area (Å²) in [6, 6.07) is 15.4. The molecular formula is C24H21N5O3S2. The van der Waals surface area contributed by atoms with Gasteiger partial charge in [0.05, 0.1) is 30.6 Å². The molecule has 1 amide bonds. The molecule has 34 heavy (non-hydrogen) atoms. The molecule has 0 radical (unpaired) electrons. The topological polar surface area (TPSA) is 90.6 Å². The Morgan fingerprint density at radius 2 is 1.94 bits per heavy atom. The number of imidazole rings is 1. The van der Waals surface area contributed by atoms with Crippen LogP contribution in [0, 0.1) is 0 Å². The first-order valence-electron chi connectivity index (χ1n) is 10.6. The van der Waals surface area contributed by atoms with E-state index in [1.54, 1.807) is 24.5 Å². The molecule has 0 bridgehead atoms. The molecule has 0 atom stereocenters. The van der Waals surface area contributed by atoms with Crippen molar-refractivity contribution in [3.05, 3.63) is 71.2 Å². The first-order valence-corrected chi connectivity index (χ1v) is 12.3. The van der Waals surface area contributed by atoms with Crippen LogP contribution in [0.4, 0.5) is 0 Å². The predicted molar refractivity (Wildman–Crippen MR) is 133 cm³/mol. The van der Waals surface area contributed by atoms with Crippen molar-refractivity contribution < 1.29 is 14.3 Å². The molecule has 0 aliphatic carbocycles. The second kappa shape index (κ2) is 10.0. The number of benzene rings is 1. The molecule has 0 aliphatic rings. The number of methoxy groups -OCH3 is 1. The molecular weight excluding hydrogens is 470 g/mol. The summed E-state index contributed by atoms with van der Waals surface area (Å²) in [6.07, 6.45) is 2.21. The van der Waals surface area contributed by atoms with Gasteiger partial charge in [0.25, 0.3) is 0 Å². The SMILES string of the molecule is COc1ccc(-c2cn3c(CC(=O)NCCOc4ccc(-c5cccs5)nn4)csc3n2)cc1. The Bertz CT molecular complexity index is 1380. The van der Waals surface area contributed by atoms with E-state index in [0.717, 1.165) is 38.2 Å². The third kappa shape index (κ3) is 4.92. The number of nitrogens with zero attached hydrogens (tertiary/aromatic N) is 4. The van der Waals surface area contributed by atoms with Crippen LogP contribution in [-0.4, -0.2) is 45.8 Å². The van der Waals surface area contributed by atoms with E-state index in [1.807, 2.05) is 63.8 Å². The van der Waals surface area contributed by atoms with E-state index >= 15 is 0 Å². The number of carbonyl (C=O) groups excluding carboxylic acids is 1. The molecule has 0 aliphatic heterocycles. The van der Waals surface area contributed by atoms with Crippen LogP contribution >= 0.6 is 22.7 Å². The molecule has 8 nitrogen and oxygen atoms in total. The Labute approximate surface area is 203 Å². The smallest absolute Gasteiger partial charge is 0.233 e. The van der Waals surface area contributed by atoms with E-state index in [-0.39, 0.29) is 12.3 Å². The van der Waals surface area contributed by atoms with Crippen LogP contribution < -0.4 is 14.8 Å². The minimum absolute atomic E-state index is 0.0814. The van der Waals surface area contributed by atoms with Gasteiger partial charge < -0.3 is 14.8 Å². The molecule has 0 saturated heterocycles. The van der Waals surface area contributed by atoms with E-state index in [0.29, 0.717) is 19.0 Å². The summed E-state index contributed by atoms with van der Waals surface area (Å²) in [4.78, 5) is 19.0. The highest BCUT2D eigenvalue weighted by atomic mass is 32.1. The van der Waals surface area contributed by atoms with Crippen LogP contribution in [0.25, 0.3) is 26.8 Å². The summed E-state index contributed by atoms with van der Waals surface area (Å²) in [5.74, 6) is 1.15. The number of thiazole rings is 1. The van der Waals surface area contributed by atoms with Crippen LogP contribution in [-0.2, 0) is 11.2 Å². The maximum Gasteiger partial charge on any atom is 0.233 e. The second-order valence-corrected chi connectivity index (χ2v) is 9.13. The summed E-state index contributed by atoms with van der Waals surface area (Å²) < 4.78 is 12.8. The van der Waals surface area contributed by atoms with Gasteiger partial charge in [-0.2, -0.15) is 0 Å². The first kappa shape index (κ1) is 22.1. The zero-order valence-electron chi connectivity index (χ0n) is 18.3. The van der Waals surface area contributed by atoms with Crippen LogP contribution in [0.15, 0.2) is 65.5 Å². The van der Waals surface area contributed by atoms with Crippen molar-refractivity contribution in [3.8, 4) is 33.5 Å². The van der Waals surface area contributed by atoms with Crippen molar-refractivity contribution in [1.82, 2.24) is 24.9 Å². The molecule has 1 N–H and O–H groups in total. The van der Waals surface area contributed by atoms with Crippen molar-refractivity contribution in [2.24, 2.45) is 0 Å². The van der Waals surface area contributed by atoms with E-state index in [2.05, 4.69) is 20.5 Å². The third-order valence-electron chi connectivity index (χ3n) is 5.10. The van der Waals surface area contributed by atoms with Crippen LogP contribution in [0.5, 0.6) is 11.6 Å². The Morgan fingerprint density at radius 1 is 1.06 bits per heavy atom. The van der Waals surface area contributed by atoms with Crippen LogP contribution in [0.2, 0.25) is 0 Å². The van der Waals surface area contributed by atoms with Gasteiger partial charge >= 0.3 is 0 Å². The monoisotopic (exact) mass is 491 g/mol. The molecule has 5 rings (SSSR count). The largest absolute Gasteiger partial charge is 0.497 e.